The van der Waals surface area contributed by atoms with Crippen LogP contribution in [0.3, 0.4) is 0 Å². The van der Waals surface area contributed by atoms with Crippen LogP contribution in [0.2, 0.25) is 0 Å². The number of halogens is 1. The number of hydrogen-bond donors (Lipinski definition) is 2. The van der Waals surface area contributed by atoms with Crippen molar-refractivity contribution in [2.45, 2.75) is 18.4 Å². The lowest BCUT2D eigenvalue weighted by Crippen LogP contribution is -2.38. The maximum atomic E-state index is 9.80. The van der Waals surface area contributed by atoms with Crippen molar-refractivity contribution in [1.29, 1.82) is 0 Å². The van der Waals surface area contributed by atoms with Gasteiger partial charge in [-0.25, -0.2) is 0 Å². The normalized spacial score (nSPS) is 27.6. The monoisotopic (exact) mass is 256 g/mol. The molecule has 14 heavy (non-hydrogen) atoms. The van der Waals surface area contributed by atoms with E-state index >= 15 is 0 Å². The quantitative estimate of drug-likeness (QED) is 0.796. The fourth-order valence-electron chi connectivity index (χ4n) is 1.75. The zero-order valence-electron chi connectivity index (χ0n) is 7.78. The summed E-state index contributed by atoms with van der Waals surface area (Å²) in [7, 11) is 0. The number of hydrogen-bond acceptors (Lipinski definition) is 3. The van der Waals surface area contributed by atoms with Crippen molar-refractivity contribution in [3.8, 4) is 0 Å². The van der Waals surface area contributed by atoms with Gasteiger partial charge in [-0.05, 0) is 41.0 Å². The van der Waals surface area contributed by atoms with Crippen molar-refractivity contribution in [3.63, 3.8) is 0 Å². The molecule has 0 aliphatic carbocycles. The molecular formula is C10H13BrN2O. The molecule has 3 nitrogen and oxygen atoms in total. The second-order valence-electron chi connectivity index (χ2n) is 3.57. The van der Waals surface area contributed by atoms with Gasteiger partial charge in [0.25, 0.3) is 0 Å². The van der Waals surface area contributed by atoms with Crippen LogP contribution in [0.15, 0.2) is 22.8 Å². The van der Waals surface area contributed by atoms with E-state index in [1.165, 1.54) is 0 Å². The molecule has 2 heterocycles. The van der Waals surface area contributed by atoms with Gasteiger partial charge in [-0.1, -0.05) is 0 Å². The lowest BCUT2D eigenvalue weighted by atomic mass is 9.92. The summed E-state index contributed by atoms with van der Waals surface area (Å²) < 4.78 is 0.972. The number of aliphatic hydroxyl groups is 1. The van der Waals surface area contributed by atoms with Crippen molar-refractivity contribution < 1.29 is 5.11 Å². The first-order valence-corrected chi connectivity index (χ1v) is 5.57. The van der Waals surface area contributed by atoms with Crippen molar-refractivity contribution in [2.75, 3.05) is 13.1 Å². The predicted molar refractivity (Wildman–Crippen MR) is 58.2 cm³/mol. The van der Waals surface area contributed by atoms with Gasteiger partial charge in [0.05, 0.1) is 6.10 Å². The molecule has 2 N–H and O–H groups in total. The number of pyridine rings is 1. The Morgan fingerprint density at radius 2 is 2.36 bits per heavy atom. The Hall–Kier alpha value is -0.450. The Kier molecular flexibility index (Phi) is 3.15. The zero-order valence-corrected chi connectivity index (χ0v) is 9.37. The molecule has 1 saturated heterocycles. The summed E-state index contributed by atoms with van der Waals surface area (Å²) in [5.41, 5.74) is 0.966. The Morgan fingerprint density at radius 3 is 3.00 bits per heavy atom. The van der Waals surface area contributed by atoms with Crippen molar-refractivity contribution in [3.05, 3.63) is 28.5 Å². The number of rotatable bonds is 1. The summed E-state index contributed by atoms with van der Waals surface area (Å²) >= 11 is 3.34. The Labute approximate surface area is 91.7 Å². The molecule has 0 amide bonds. The van der Waals surface area contributed by atoms with Crippen LogP contribution < -0.4 is 5.32 Å². The molecule has 2 rings (SSSR count). The number of nitrogens with one attached hydrogen (secondary N) is 1. The van der Waals surface area contributed by atoms with Crippen molar-refractivity contribution >= 4 is 15.9 Å². The van der Waals surface area contributed by atoms with Crippen molar-refractivity contribution in [1.82, 2.24) is 10.3 Å². The minimum atomic E-state index is -0.259. The standard InChI is InChI=1S/C10H13BrN2O/c11-7-1-2-9(13-5-7)8-6-12-4-3-10(8)14/h1-2,5,8,10,12,14H,3-4,6H2. The summed E-state index contributed by atoms with van der Waals surface area (Å²) in [5, 5.41) is 13.1. The van der Waals surface area contributed by atoms with Crippen LogP contribution in [0.25, 0.3) is 0 Å². The van der Waals surface area contributed by atoms with E-state index in [0.29, 0.717) is 0 Å². The van der Waals surface area contributed by atoms with Gasteiger partial charge in [-0.3, -0.25) is 4.98 Å². The van der Waals surface area contributed by atoms with Gasteiger partial charge in [0, 0.05) is 28.8 Å². The van der Waals surface area contributed by atoms with Crippen molar-refractivity contribution in [2.24, 2.45) is 0 Å². The molecule has 1 aliphatic rings. The average Bonchev–Trinajstić information content (AvgIpc) is 2.20. The first kappa shape index (κ1) is 10.1. The van der Waals surface area contributed by atoms with E-state index < -0.39 is 0 Å². The van der Waals surface area contributed by atoms with E-state index in [-0.39, 0.29) is 12.0 Å². The van der Waals surface area contributed by atoms with Crippen LogP contribution in [0, 0.1) is 0 Å². The van der Waals surface area contributed by atoms with E-state index in [0.717, 1.165) is 29.7 Å². The third-order valence-electron chi connectivity index (χ3n) is 2.58. The molecule has 0 spiro atoms. The minimum absolute atomic E-state index is 0.136. The highest BCUT2D eigenvalue weighted by Crippen LogP contribution is 2.22. The van der Waals surface area contributed by atoms with Crippen LogP contribution in [0.1, 0.15) is 18.0 Å². The summed E-state index contributed by atoms with van der Waals surface area (Å²) in [6, 6.07) is 3.93. The molecule has 1 aliphatic heterocycles. The Bertz CT molecular complexity index is 301. The van der Waals surface area contributed by atoms with Crippen LogP contribution in [-0.2, 0) is 0 Å². The van der Waals surface area contributed by atoms with Gasteiger partial charge in [0.2, 0.25) is 0 Å². The fourth-order valence-corrected chi connectivity index (χ4v) is 1.99. The highest BCUT2D eigenvalue weighted by molar-refractivity contribution is 9.10. The van der Waals surface area contributed by atoms with Crippen LogP contribution in [0.4, 0.5) is 0 Å². The second kappa shape index (κ2) is 4.38. The highest BCUT2D eigenvalue weighted by atomic mass is 79.9. The van der Waals surface area contributed by atoms with E-state index in [2.05, 4.69) is 26.2 Å². The number of aliphatic hydroxyl groups excluding tert-OH is 1. The van der Waals surface area contributed by atoms with E-state index in [1.54, 1.807) is 6.20 Å². The molecule has 0 saturated carbocycles. The predicted octanol–water partition coefficient (Wildman–Crippen LogP) is 1.28. The van der Waals surface area contributed by atoms with Gasteiger partial charge in [0.15, 0.2) is 0 Å². The molecule has 1 fully saturated rings. The molecule has 1 aromatic rings. The fraction of sp³-hybridized carbons (Fsp3) is 0.500. The molecule has 0 bridgehead atoms. The molecule has 0 aromatic carbocycles. The van der Waals surface area contributed by atoms with Crippen LogP contribution >= 0.6 is 15.9 Å². The van der Waals surface area contributed by atoms with E-state index in [4.69, 9.17) is 0 Å². The largest absolute Gasteiger partial charge is 0.392 e. The van der Waals surface area contributed by atoms with E-state index in [1.807, 2.05) is 12.1 Å². The van der Waals surface area contributed by atoms with Gasteiger partial charge in [-0.2, -0.15) is 0 Å². The van der Waals surface area contributed by atoms with E-state index in [9.17, 15) is 5.11 Å². The lowest BCUT2D eigenvalue weighted by molar-refractivity contribution is 0.112. The Morgan fingerprint density at radius 1 is 1.50 bits per heavy atom. The van der Waals surface area contributed by atoms with Gasteiger partial charge in [-0.15, -0.1) is 0 Å². The highest BCUT2D eigenvalue weighted by Gasteiger charge is 2.25. The minimum Gasteiger partial charge on any atom is -0.392 e. The summed E-state index contributed by atoms with van der Waals surface area (Å²) in [5.74, 6) is 0.136. The maximum absolute atomic E-state index is 9.80. The lowest BCUT2D eigenvalue weighted by Gasteiger charge is -2.27. The zero-order chi connectivity index (χ0) is 9.97. The molecule has 2 unspecified atom stereocenters. The second-order valence-corrected chi connectivity index (χ2v) is 4.48. The molecule has 0 radical (unpaired) electrons. The maximum Gasteiger partial charge on any atom is 0.0648 e. The number of nitrogens with zero attached hydrogens (tertiary/aromatic N) is 1. The van der Waals surface area contributed by atoms with Gasteiger partial charge >= 0.3 is 0 Å². The number of piperidine rings is 1. The summed E-state index contributed by atoms with van der Waals surface area (Å²) in [4.78, 5) is 4.31. The van der Waals surface area contributed by atoms with Gasteiger partial charge in [0.1, 0.15) is 0 Å². The smallest absolute Gasteiger partial charge is 0.0648 e. The first-order valence-electron chi connectivity index (χ1n) is 4.77. The van der Waals surface area contributed by atoms with Crippen LogP contribution in [-0.4, -0.2) is 29.3 Å². The topological polar surface area (TPSA) is 45.1 Å². The summed E-state index contributed by atoms with van der Waals surface area (Å²) in [6.45, 7) is 1.71. The average molecular weight is 257 g/mol. The third-order valence-corrected chi connectivity index (χ3v) is 3.04. The molecule has 4 heteroatoms. The molecule has 76 valence electrons. The van der Waals surface area contributed by atoms with Gasteiger partial charge < -0.3 is 10.4 Å². The Balaban J connectivity index is 2.16. The molecule has 1 aromatic heterocycles. The van der Waals surface area contributed by atoms with Crippen LogP contribution in [0.5, 0.6) is 0 Å². The molecule has 2 atom stereocenters. The first-order chi connectivity index (χ1) is 6.77. The summed E-state index contributed by atoms with van der Waals surface area (Å²) in [6.07, 6.45) is 2.32. The SMILES string of the molecule is OC1CCNCC1c1ccc(Br)cn1. The third kappa shape index (κ3) is 2.13. The number of aromatic nitrogens is 1. The molecular weight excluding hydrogens is 244 g/mol.